The lowest BCUT2D eigenvalue weighted by molar-refractivity contribution is -0.137. The molecule has 2 aromatic carbocycles. The molecule has 4 rings (SSSR count). The van der Waals surface area contributed by atoms with Gasteiger partial charge in [-0.1, -0.05) is 18.2 Å². The Kier molecular flexibility index (Phi) is 6.55. The van der Waals surface area contributed by atoms with Crippen molar-refractivity contribution in [3.63, 3.8) is 0 Å². The second-order valence-electron chi connectivity index (χ2n) is 8.72. The largest absolute Gasteiger partial charge is 0.416 e. The van der Waals surface area contributed by atoms with E-state index in [1.54, 1.807) is 11.0 Å². The summed E-state index contributed by atoms with van der Waals surface area (Å²) in [6.45, 7) is 3.19. The first kappa shape index (κ1) is 22.4. The van der Waals surface area contributed by atoms with Gasteiger partial charge in [-0.15, -0.1) is 0 Å². The molecule has 1 atom stereocenters. The number of halogens is 3. The van der Waals surface area contributed by atoms with E-state index in [4.69, 9.17) is 0 Å². The molecule has 1 unspecified atom stereocenters. The van der Waals surface area contributed by atoms with Crippen LogP contribution in [0.4, 0.5) is 13.2 Å². The number of nitrogens with one attached hydrogen (secondary N) is 1. The van der Waals surface area contributed by atoms with Crippen molar-refractivity contribution < 1.29 is 18.0 Å². The van der Waals surface area contributed by atoms with Gasteiger partial charge in [0.2, 0.25) is 0 Å². The predicted molar refractivity (Wildman–Crippen MR) is 120 cm³/mol. The smallest absolute Gasteiger partial charge is 0.361 e. The molecule has 1 amide bonds. The molecule has 32 heavy (non-hydrogen) atoms. The van der Waals surface area contributed by atoms with E-state index in [0.29, 0.717) is 30.0 Å². The molecular weight excluding hydrogens is 415 g/mol. The predicted octanol–water partition coefficient (Wildman–Crippen LogP) is 5.21. The molecule has 1 saturated heterocycles. The van der Waals surface area contributed by atoms with E-state index in [1.807, 2.05) is 37.5 Å². The second-order valence-corrected chi connectivity index (χ2v) is 8.72. The standard InChI is InChI=1S/C25H28F3N3O/c1-30(24(32)21-7-8-23-20(15-21)9-11-29-23)16-19-5-3-12-31(17-19)13-10-18-4-2-6-22(14-18)25(26,27)28/h2,4,6-9,11,14-15,19,29H,3,5,10,12-13,16-17H2,1H3. The summed E-state index contributed by atoms with van der Waals surface area (Å²) in [6.07, 6.45) is 0.217. The van der Waals surface area contributed by atoms with E-state index in [1.165, 1.54) is 12.1 Å². The topological polar surface area (TPSA) is 39.3 Å². The molecule has 1 N–H and O–H groups in total. The fourth-order valence-electron chi connectivity index (χ4n) is 4.57. The van der Waals surface area contributed by atoms with Crippen LogP contribution < -0.4 is 0 Å². The summed E-state index contributed by atoms with van der Waals surface area (Å²) in [4.78, 5) is 20.1. The van der Waals surface area contributed by atoms with Crippen molar-refractivity contribution in [1.82, 2.24) is 14.8 Å². The fourth-order valence-corrected chi connectivity index (χ4v) is 4.57. The van der Waals surface area contributed by atoms with Crippen molar-refractivity contribution in [3.05, 3.63) is 71.4 Å². The molecule has 0 bridgehead atoms. The van der Waals surface area contributed by atoms with Crippen molar-refractivity contribution in [2.24, 2.45) is 5.92 Å². The first-order chi connectivity index (χ1) is 15.3. The van der Waals surface area contributed by atoms with Crippen LogP contribution in [-0.4, -0.2) is 53.9 Å². The highest BCUT2D eigenvalue weighted by Gasteiger charge is 2.30. The molecule has 0 spiro atoms. The third-order valence-corrected chi connectivity index (χ3v) is 6.25. The Morgan fingerprint density at radius 3 is 2.84 bits per heavy atom. The molecule has 1 fully saturated rings. The van der Waals surface area contributed by atoms with Gasteiger partial charge < -0.3 is 14.8 Å². The van der Waals surface area contributed by atoms with Gasteiger partial charge in [-0.3, -0.25) is 4.79 Å². The van der Waals surface area contributed by atoms with Crippen molar-refractivity contribution in [2.45, 2.75) is 25.4 Å². The van der Waals surface area contributed by atoms with Crippen LogP contribution >= 0.6 is 0 Å². The zero-order valence-corrected chi connectivity index (χ0v) is 18.2. The van der Waals surface area contributed by atoms with E-state index in [0.717, 1.165) is 49.4 Å². The van der Waals surface area contributed by atoms with Crippen LogP contribution in [0.3, 0.4) is 0 Å². The van der Waals surface area contributed by atoms with Crippen molar-refractivity contribution >= 4 is 16.8 Å². The summed E-state index contributed by atoms with van der Waals surface area (Å²) in [5, 5.41) is 1.02. The summed E-state index contributed by atoms with van der Waals surface area (Å²) in [7, 11) is 1.84. The van der Waals surface area contributed by atoms with Gasteiger partial charge in [-0.05, 0) is 67.6 Å². The molecule has 7 heteroatoms. The number of rotatable bonds is 6. The lowest BCUT2D eigenvalue weighted by atomic mass is 9.96. The Morgan fingerprint density at radius 2 is 2.03 bits per heavy atom. The number of amides is 1. The number of likely N-dealkylation sites (tertiary alicyclic amines) is 1. The Bertz CT molecular complexity index is 1080. The van der Waals surface area contributed by atoms with E-state index >= 15 is 0 Å². The maximum absolute atomic E-state index is 12.9. The van der Waals surface area contributed by atoms with Gasteiger partial charge in [-0.25, -0.2) is 0 Å². The molecule has 0 aliphatic carbocycles. The minimum atomic E-state index is -4.31. The van der Waals surface area contributed by atoms with Crippen LogP contribution in [0.2, 0.25) is 0 Å². The number of aromatic amines is 1. The monoisotopic (exact) mass is 443 g/mol. The number of carbonyl (C=O) groups is 1. The summed E-state index contributed by atoms with van der Waals surface area (Å²) >= 11 is 0. The van der Waals surface area contributed by atoms with Gasteiger partial charge in [-0.2, -0.15) is 13.2 Å². The number of benzene rings is 2. The Balaban J connectivity index is 1.31. The van der Waals surface area contributed by atoms with Gasteiger partial charge in [0.15, 0.2) is 0 Å². The molecular formula is C25H28F3N3O. The van der Waals surface area contributed by atoms with Crippen LogP contribution in [0.5, 0.6) is 0 Å². The van der Waals surface area contributed by atoms with Crippen LogP contribution in [0.1, 0.15) is 34.3 Å². The third-order valence-electron chi connectivity index (χ3n) is 6.25. The van der Waals surface area contributed by atoms with Crippen LogP contribution in [0.15, 0.2) is 54.7 Å². The maximum atomic E-state index is 12.9. The second kappa shape index (κ2) is 9.36. The van der Waals surface area contributed by atoms with Crippen LogP contribution in [-0.2, 0) is 12.6 Å². The number of carbonyl (C=O) groups excluding carboxylic acids is 1. The average molecular weight is 444 g/mol. The number of hydrogen-bond acceptors (Lipinski definition) is 2. The minimum absolute atomic E-state index is 0.00851. The van der Waals surface area contributed by atoms with Gasteiger partial charge in [0.05, 0.1) is 5.56 Å². The van der Waals surface area contributed by atoms with Crippen LogP contribution in [0.25, 0.3) is 10.9 Å². The van der Waals surface area contributed by atoms with Gasteiger partial charge in [0.1, 0.15) is 0 Å². The molecule has 4 nitrogen and oxygen atoms in total. The van der Waals surface area contributed by atoms with Crippen molar-refractivity contribution in [2.75, 3.05) is 33.2 Å². The molecule has 1 aliphatic rings. The molecule has 170 valence electrons. The molecule has 3 aromatic rings. The molecule has 2 heterocycles. The highest BCUT2D eigenvalue weighted by atomic mass is 19.4. The minimum Gasteiger partial charge on any atom is -0.361 e. The van der Waals surface area contributed by atoms with Crippen molar-refractivity contribution in [3.8, 4) is 0 Å². The highest BCUT2D eigenvalue weighted by molar-refractivity contribution is 5.97. The third kappa shape index (κ3) is 5.33. The summed E-state index contributed by atoms with van der Waals surface area (Å²) < 4.78 is 38.8. The number of nitrogens with zero attached hydrogens (tertiary/aromatic N) is 2. The maximum Gasteiger partial charge on any atom is 0.416 e. The van der Waals surface area contributed by atoms with Gasteiger partial charge in [0.25, 0.3) is 5.91 Å². The highest BCUT2D eigenvalue weighted by Crippen LogP contribution is 2.29. The lowest BCUT2D eigenvalue weighted by Crippen LogP contribution is -2.42. The van der Waals surface area contributed by atoms with Gasteiger partial charge in [0, 0.05) is 49.3 Å². The summed E-state index contributed by atoms with van der Waals surface area (Å²) in [5.41, 5.74) is 1.79. The quantitative estimate of drug-likeness (QED) is 0.568. The fraction of sp³-hybridized carbons (Fsp3) is 0.400. The van der Waals surface area contributed by atoms with Gasteiger partial charge >= 0.3 is 6.18 Å². The first-order valence-corrected chi connectivity index (χ1v) is 11.0. The summed E-state index contributed by atoms with van der Waals surface area (Å²) in [6, 6.07) is 13.2. The molecule has 1 aliphatic heterocycles. The zero-order chi connectivity index (χ0) is 22.7. The summed E-state index contributed by atoms with van der Waals surface area (Å²) in [5.74, 6) is 0.365. The molecule has 0 radical (unpaired) electrons. The molecule has 0 saturated carbocycles. The van der Waals surface area contributed by atoms with E-state index in [2.05, 4.69) is 9.88 Å². The van der Waals surface area contributed by atoms with E-state index < -0.39 is 11.7 Å². The average Bonchev–Trinajstić information content (AvgIpc) is 3.25. The Labute approximate surface area is 186 Å². The normalized spacial score (nSPS) is 17.6. The number of piperidine rings is 1. The Hall–Kier alpha value is -2.80. The number of fused-ring (bicyclic) bond motifs is 1. The van der Waals surface area contributed by atoms with Crippen LogP contribution in [0, 0.1) is 5.92 Å². The molecule has 1 aromatic heterocycles. The zero-order valence-electron chi connectivity index (χ0n) is 18.2. The number of aromatic nitrogens is 1. The van der Waals surface area contributed by atoms with E-state index in [9.17, 15) is 18.0 Å². The number of alkyl halides is 3. The SMILES string of the molecule is CN(CC1CCCN(CCc2cccc(C(F)(F)F)c2)C1)C(=O)c1ccc2[nH]ccc2c1. The number of H-pyrrole nitrogens is 1. The van der Waals surface area contributed by atoms with Crippen molar-refractivity contribution in [1.29, 1.82) is 0 Å². The Morgan fingerprint density at radius 1 is 1.19 bits per heavy atom. The van der Waals surface area contributed by atoms with E-state index in [-0.39, 0.29) is 5.91 Å². The number of hydrogen-bond donors (Lipinski definition) is 1. The lowest BCUT2D eigenvalue weighted by Gasteiger charge is -2.34. The first-order valence-electron chi connectivity index (χ1n) is 11.0.